The number of thiazole rings is 1. The molecule has 122 valence electrons. The number of hydrogen-bond acceptors (Lipinski definition) is 6. The van der Waals surface area contributed by atoms with Crippen LogP contribution in [0.15, 0.2) is 29.4 Å². The summed E-state index contributed by atoms with van der Waals surface area (Å²) in [6.07, 6.45) is 1.81. The first kappa shape index (κ1) is 16.2. The maximum absolute atomic E-state index is 6.23. The van der Waals surface area contributed by atoms with Crippen molar-refractivity contribution in [2.24, 2.45) is 5.10 Å². The van der Waals surface area contributed by atoms with E-state index in [1.165, 1.54) is 16.9 Å². The van der Waals surface area contributed by atoms with E-state index in [4.69, 9.17) is 11.6 Å². The summed E-state index contributed by atoms with van der Waals surface area (Å²) in [4.78, 5) is 7.56. The Kier molecular flexibility index (Phi) is 5.15. The Labute approximate surface area is 145 Å². The van der Waals surface area contributed by atoms with Gasteiger partial charge in [-0.1, -0.05) is 41.1 Å². The molecule has 0 atom stereocenters. The van der Waals surface area contributed by atoms with E-state index in [1.54, 1.807) is 0 Å². The van der Waals surface area contributed by atoms with Crippen LogP contribution < -0.4 is 5.32 Å². The van der Waals surface area contributed by atoms with E-state index in [1.807, 2.05) is 24.4 Å². The Morgan fingerprint density at radius 1 is 1.26 bits per heavy atom. The predicted molar refractivity (Wildman–Crippen MR) is 98.2 cm³/mol. The maximum Gasteiger partial charge on any atom is 0.189 e. The minimum absolute atomic E-state index is 0.490. The highest BCUT2D eigenvalue weighted by Gasteiger charge is 2.12. The average molecular weight is 350 g/mol. The molecule has 0 radical (unpaired) electrons. The van der Waals surface area contributed by atoms with Gasteiger partial charge < -0.3 is 10.2 Å². The number of benzene rings is 1. The number of halogens is 1. The number of nitrogens with zero attached hydrogens (tertiary/aromatic N) is 4. The molecule has 0 bridgehead atoms. The minimum atomic E-state index is 0.490. The first-order chi connectivity index (χ1) is 11.1. The van der Waals surface area contributed by atoms with Crippen molar-refractivity contribution in [1.29, 1.82) is 0 Å². The average Bonchev–Trinajstić information content (AvgIpc) is 2.89. The first-order valence-corrected chi connectivity index (χ1v) is 8.78. The number of likely N-dealkylation sites (N-methyl/N-ethyl adjacent to an activating group) is 1. The molecule has 0 amide bonds. The van der Waals surface area contributed by atoms with Crippen LogP contribution >= 0.6 is 22.9 Å². The van der Waals surface area contributed by atoms with Crippen LogP contribution in [0.5, 0.6) is 0 Å². The van der Waals surface area contributed by atoms with E-state index < -0.39 is 0 Å². The fourth-order valence-electron chi connectivity index (χ4n) is 2.32. The lowest BCUT2D eigenvalue weighted by Gasteiger charge is -2.30. The Morgan fingerprint density at radius 2 is 2.00 bits per heavy atom. The number of para-hydroxylation sites is 1. The van der Waals surface area contributed by atoms with Gasteiger partial charge in [0.25, 0.3) is 0 Å². The monoisotopic (exact) mass is 349 g/mol. The van der Waals surface area contributed by atoms with Gasteiger partial charge in [0.05, 0.1) is 11.1 Å². The summed E-state index contributed by atoms with van der Waals surface area (Å²) >= 11 is 7.74. The van der Waals surface area contributed by atoms with Gasteiger partial charge in [0.15, 0.2) is 10.3 Å². The zero-order chi connectivity index (χ0) is 16.2. The Morgan fingerprint density at radius 3 is 2.74 bits per heavy atom. The number of anilines is 2. The van der Waals surface area contributed by atoms with Gasteiger partial charge >= 0.3 is 0 Å². The van der Waals surface area contributed by atoms with Crippen molar-refractivity contribution in [3.8, 4) is 0 Å². The van der Waals surface area contributed by atoms with E-state index >= 15 is 0 Å². The molecule has 0 unspecified atom stereocenters. The third-order valence-corrected chi connectivity index (χ3v) is 5.12. The van der Waals surface area contributed by atoms with Crippen LogP contribution in [0.2, 0.25) is 5.15 Å². The molecular formula is C16H20ClN5S. The van der Waals surface area contributed by atoms with Crippen molar-refractivity contribution >= 4 is 40.0 Å². The second-order valence-corrected chi connectivity index (χ2v) is 7.00. The summed E-state index contributed by atoms with van der Waals surface area (Å²) in [6.45, 7) is 6.02. The Hall–Kier alpha value is -1.63. The van der Waals surface area contributed by atoms with Crippen LogP contribution in [0, 0.1) is 6.92 Å². The lowest BCUT2D eigenvalue weighted by Crippen LogP contribution is -2.41. The molecule has 2 heterocycles. The van der Waals surface area contributed by atoms with Crippen LogP contribution in [0.1, 0.15) is 10.4 Å². The number of hydrogen-bond donors (Lipinski definition) is 1. The quantitative estimate of drug-likeness (QED) is 0.859. The largest absolute Gasteiger partial charge is 0.331 e. The van der Waals surface area contributed by atoms with Crippen LogP contribution in [0.4, 0.5) is 10.8 Å². The molecule has 0 spiro atoms. The van der Waals surface area contributed by atoms with Crippen LogP contribution in [-0.2, 0) is 0 Å². The normalized spacial score (nSPS) is 16.2. The summed E-state index contributed by atoms with van der Waals surface area (Å²) in [7, 11) is 2.13. The number of aromatic nitrogens is 1. The van der Waals surface area contributed by atoms with Crippen molar-refractivity contribution < 1.29 is 0 Å². The minimum Gasteiger partial charge on any atom is -0.331 e. The molecule has 0 aliphatic carbocycles. The third-order valence-electron chi connectivity index (χ3n) is 3.81. The number of hydrazone groups is 1. The van der Waals surface area contributed by atoms with Crippen molar-refractivity contribution in [3.05, 3.63) is 39.9 Å². The molecule has 1 aliphatic rings. The van der Waals surface area contributed by atoms with Crippen molar-refractivity contribution in [3.63, 3.8) is 0 Å². The lowest BCUT2D eigenvalue weighted by atomic mass is 10.2. The molecule has 7 heteroatoms. The molecule has 1 N–H and O–H groups in total. The number of rotatable bonds is 4. The van der Waals surface area contributed by atoms with Gasteiger partial charge in [0.1, 0.15) is 0 Å². The molecular weight excluding hydrogens is 330 g/mol. The molecule has 1 aromatic carbocycles. The topological polar surface area (TPSA) is 43.8 Å². The smallest absolute Gasteiger partial charge is 0.189 e. The van der Waals surface area contributed by atoms with Gasteiger partial charge in [0.2, 0.25) is 0 Å². The van der Waals surface area contributed by atoms with Gasteiger partial charge in [0, 0.05) is 31.9 Å². The predicted octanol–water partition coefficient (Wildman–Crippen LogP) is 3.43. The van der Waals surface area contributed by atoms with Gasteiger partial charge in [-0.15, -0.1) is 0 Å². The fraction of sp³-hybridized carbons (Fsp3) is 0.375. The van der Waals surface area contributed by atoms with Crippen LogP contribution in [0.3, 0.4) is 0 Å². The van der Waals surface area contributed by atoms with E-state index in [0.717, 1.165) is 41.9 Å². The van der Waals surface area contributed by atoms with Crippen molar-refractivity contribution in [2.75, 3.05) is 38.5 Å². The number of nitrogens with one attached hydrogen (secondary N) is 1. The van der Waals surface area contributed by atoms with Crippen molar-refractivity contribution in [1.82, 2.24) is 14.9 Å². The lowest BCUT2D eigenvalue weighted by molar-refractivity contribution is 0.159. The molecule has 3 rings (SSSR count). The summed E-state index contributed by atoms with van der Waals surface area (Å²) in [5.74, 6) is 0. The molecule has 23 heavy (non-hydrogen) atoms. The van der Waals surface area contributed by atoms with E-state index in [9.17, 15) is 0 Å². The molecule has 1 saturated heterocycles. The van der Waals surface area contributed by atoms with Crippen LogP contribution in [-0.4, -0.2) is 54.3 Å². The van der Waals surface area contributed by atoms with Crippen molar-refractivity contribution in [2.45, 2.75) is 6.92 Å². The highest BCUT2D eigenvalue weighted by molar-refractivity contribution is 7.17. The second kappa shape index (κ2) is 7.29. The van der Waals surface area contributed by atoms with E-state index in [-0.39, 0.29) is 0 Å². The Bertz CT molecular complexity index is 692. The molecule has 1 fully saturated rings. The SMILES string of the molecule is Cc1ccccc1Nc1nc(Cl)c(/C=N/N2CCN(C)CC2)s1. The summed E-state index contributed by atoms with van der Waals surface area (Å²) in [5, 5.41) is 11.2. The summed E-state index contributed by atoms with van der Waals surface area (Å²) < 4.78 is 0. The van der Waals surface area contributed by atoms with Gasteiger partial charge in [-0.2, -0.15) is 5.10 Å². The first-order valence-electron chi connectivity index (χ1n) is 7.58. The zero-order valence-electron chi connectivity index (χ0n) is 13.3. The fourth-order valence-corrected chi connectivity index (χ4v) is 3.36. The maximum atomic E-state index is 6.23. The van der Waals surface area contributed by atoms with Gasteiger partial charge in [-0.3, -0.25) is 5.01 Å². The molecule has 0 saturated carbocycles. The zero-order valence-corrected chi connectivity index (χ0v) is 14.9. The highest BCUT2D eigenvalue weighted by Crippen LogP contribution is 2.29. The van der Waals surface area contributed by atoms with Gasteiger partial charge in [-0.25, -0.2) is 4.98 Å². The van der Waals surface area contributed by atoms with Crippen LogP contribution in [0.25, 0.3) is 0 Å². The molecule has 1 aliphatic heterocycles. The second-order valence-electron chi connectivity index (χ2n) is 5.62. The molecule has 5 nitrogen and oxygen atoms in total. The highest BCUT2D eigenvalue weighted by atomic mass is 35.5. The standard InChI is InChI=1S/C16H20ClN5S/c1-12-5-3-4-6-13(12)19-16-20-15(17)14(23-16)11-18-22-9-7-21(2)8-10-22/h3-6,11H,7-10H2,1-2H3,(H,19,20)/b18-11+. The molecule has 1 aromatic heterocycles. The third kappa shape index (κ3) is 4.22. The Balaban J connectivity index is 1.67. The number of piperazine rings is 1. The van der Waals surface area contributed by atoms with E-state index in [2.05, 4.69) is 45.3 Å². The summed E-state index contributed by atoms with van der Waals surface area (Å²) in [6, 6.07) is 8.11. The number of aryl methyl sites for hydroxylation is 1. The van der Waals surface area contributed by atoms with E-state index in [0.29, 0.717) is 5.15 Å². The van der Waals surface area contributed by atoms with Gasteiger partial charge in [-0.05, 0) is 25.6 Å². The molecule has 2 aromatic rings. The summed E-state index contributed by atoms with van der Waals surface area (Å²) in [5.41, 5.74) is 2.21.